The van der Waals surface area contributed by atoms with Crippen LogP contribution in [0.4, 0.5) is 0 Å². The molecule has 0 bridgehead atoms. The lowest BCUT2D eigenvalue weighted by molar-refractivity contribution is 0.625. The van der Waals surface area contributed by atoms with E-state index in [1.807, 2.05) is 7.05 Å². The first kappa shape index (κ1) is 5.80. The van der Waals surface area contributed by atoms with Crippen LogP contribution in [0.15, 0.2) is 4.99 Å². The topological polar surface area (TPSA) is 12.4 Å². The molecule has 0 aromatic heterocycles. The van der Waals surface area contributed by atoms with E-state index in [0.29, 0.717) is 5.41 Å². The van der Waals surface area contributed by atoms with E-state index in [-0.39, 0.29) is 0 Å². The summed E-state index contributed by atoms with van der Waals surface area (Å²) in [5.74, 6) is 0.771. The zero-order valence-electron chi connectivity index (χ0n) is 5.81. The van der Waals surface area contributed by atoms with Gasteiger partial charge < -0.3 is 4.99 Å². The summed E-state index contributed by atoms with van der Waals surface area (Å²) in [4.78, 5) is 3.97. The normalized spacial score (nSPS) is 33.6. The Morgan fingerprint density at radius 2 is 2.12 bits per heavy atom. The van der Waals surface area contributed by atoms with Crippen LogP contribution in [0, 0.1) is 11.3 Å². The van der Waals surface area contributed by atoms with Gasteiger partial charge in [-0.25, -0.2) is 0 Å². The van der Waals surface area contributed by atoms with Crippen LogP contribution in [0.3, 0.4) is 0 Å². The van der Waals surface area contributed by atoms with E-state index in [9.17, 15) is 0 Å². The molecule has 1 heteroatoms. The average Bonchev–Trinajstić information content (AvgIpc) is 2.15. The first-order valence-corrected chi connectivity index (χ1v) is 3.09. The SMILES string of the molecule is CN=C[C@H]1CC1(C)C. The van der Waals surface area contributed by atoms with Crippen LogP contribution in [-0.2, 0) is 0 Å². The van der Waals surface area contributed by atoms with Crippen LogP contribution < -0.4 is 0 Å². The molecular weight excluding hydrogens is 98.1 g/mol. The van der Waals surface area contributed by atoms with Crippen LogP contribution in [0.25, 0.3) is 0 Å². The van der Waals surface area contributed by atoms with Gasteiger partial charge >= 0.3 is 0 Å². The molecule has 0 heterocycles. The highest BCUT2D eigenvalue weighted by atomic mass is 14.7. The number of nitrogens with zero attached hydrogens (tertiary/aromatic N) is 1. The number of hydrogen-bond donors (Lipinski definition) is 0. The van der Waals surface area contributed by atoms with Crippen LogP contribution in [0.5, 0.6) is 0 Å². The van der Waals surface area contributed by atoms with Crippen molar-refractivity contribution >= 4 is 6.21 Å². The summed E-state index contributed by atoms with van der Waals surface area (Å²) in [6.07, 6.45) is 3.38. The molecule has 0 aromatic rings. The third-order valence-corrected chi connectivity index (χ3v) is 1.92. The van der Waals surface area contributed by atoms with Crippen molar-refractivity contribution in [3.63, 3.8) is 0 Å². The van der Waals surface area contributed by atoms with Gasteiger partial charge in [0.25, 0.3) is 0 Å². The number of aliphatic imine (C=N–C) groups is 1. The van der Waals surface area contributed by atoms with Gasteiger partial charge in [0.2, 0.25) is 0 Å². The molecule has 1 aliphatic rings. The molecule has 0 spiro atoms. The van der Waals surface area contributed by atoms with E-state index in [2.05, 4.69) is 25.1 Å². The molecule has 46 valence electrons. The van der Waals surface area contributed by atoms with Crippen LogP contribution in [0.2, 0.25) is 0 Å². The van der Waals surface area contributed by atoms with Crippen LogP contribution in [-0.4, -0.2) is 13.3 Å². The van der Waals surface area contributed by atoms with E-state index in [4.69, 9.17) is 0 Å². The Kier molecular flexibility index (Phi) is 1.14. The van der Waals surface area contributed by atoms with Gasteiger partial charge in [-0.3, -0.25) is 0 Å². The fourth-order valence-electron chi connectivity index (χ4n) is 0.942. The molecule has 0 aromatic carbocycles. The Morgan fingerprint density at radius 3 is 2.25 bits per heavy atom. The molecule has 1 rings (SSSR count). The van der Waals surface area contributed by atoms with E-state index in [1.165, 1.54) is 6.42 Å². The minimum atomic E-state index is 0.569. The molecule has 1 atom stereocenters. The Morgan fingerprint density at radius 1 is 1.62 bits per heavy atom. The molecule has 0 saturated heterocycles. The van der Waals surface area contributed by atoms with Gasteiger partial charge in [0.1, 0.15) is 0 Å². The van der Waals surface area contributed by atoms with Gasteiger partial charge in [0.05, 0.1) is 0 Å². The van der Waals surface area contributed by atoms with Gasteiger partial charge in [0, 0.05) is 13.3 Å². The highest BCUT2D eigenvalue weighted by Gasteiger charge is 2.43. The predicted molar refractivity (Wildman–Crippen MR) is 36.3 cm³/mol. The Labute approximate surface area is 50.8 Å². The van der Waals surface area contributed by atoms with Gasteiger partial charge in [0.15, 0.2) is 0 Å². The Hall–Kier alpha value is -0.330. The molecule has 0 amide bonds. The van der Waals surface area contributed by atoms with Crippen LogP contribution in [0.1, 0.15) is 20.3 Å². The molecular formula is C7H13N. The average molecular weight is 111 g/mol. The van der Waals surface area contributed by atoms with Crippen molar-refractivity contribution < 1.29 is 0 Å². The lowest BCUT2D eigenvalue weighted by Crippen LogP contribution is -1.89. The summed E-state index contributed by atoms with van der Waals surface area (Å²) in [7, 11) is 1.84. The fourth-order valence-corrected chi connectivity index (χ4v) is 0.942. The van der Waals surface area contributed by atoms with E-state index in [0.717, 1.165) is 5.92 Å². The van der Waals surface area contributed by atoms with Crippen LogP contribution >= 0.6 is 0 Å². The summed E-state index contributed by atoms with van der Waals surface area (Å²) in [6.45, 7) is 4.55. The summed E-state index contributed by atoms with van der Waals surface area (Å²) >= 11 is 0. The number of hydrogen-bond acceptors (Lipinski definition) is 1. The monoisotopic (exact) mass is 111 g/mol. The Bertz CT molecular complexity index is 114. The summed E-state index contributed by atoms with van der Waals surface area (Å²) in [5.41, 5.74) is 0.569. The highest BCUT2D eigenvalue weighted by molar-refractivity contribution is 5.65. The van der Waals surface area contributed by atoms with Crippen molar-refractivity contribution in [2.24, 2.45) is 16.3 Å². The molecule has 8 heavy (non-hydrogen) atoms. The molecule has 1 saturated carbocycles. The first-order chi connectivity index (χ1) is 3.67. The molecule has 0 aliphatic heterocycles. The highest BCUT2D eigenvalue weighted by Crippen LogP contribution is 2.50. The van der Waals surface area contributed by atoms with Crippen molar-refractivity contribution in [1.29, 1.82) is 0 Å². The molecule has 0 unspecified atom stereocenters. The summed E-state index contributed by atoms with van der Waals surface area (Å²) in [6, 6.07) is 0. The van der Waals surface area contributed by atoms with Crippen molar-refractivity contribution in [2.45, 2.75) is 20.3 Å². The maximum absolute atomic E-state index is 3.97. The van der Waals surface area contributed by atoms with Gasteiger partial charge in [-0.2, -0.15) is 0 Å². The lowest BCUT2D eigenvalue weighted by Gasteiger charge is -1.93. The van der Waals surface area contributed by atoms with Gasteiger partial charge in [-0.15, -0.1) is 0 Å². The lowest BCUT2D eigenvalue weighted by atomic mass is 10.1. The maximum atomic E-state index is 3.97. The zero-order valence-corrected chi connectivity index (χ0v) is 5.81. The maximum Gasteiger partial charge on any atom is 0.0273 e. The first-order valence-electron chi connectivity index (χ1n) is 3.09. The third-order valence-electron chi connectivity index (χ3n) is 1.92. The molecule has 0 N–H and O–H groups in total. The molecule has 1 aliphatic carbocycles. The second-order valence-electron chi connectivity index (χ2n) is 3.21. The van der Waals surface area contributed by atoms with E-state index in [1.54, 1.807) is 0 Å². The smallest absolute Gasteiger partial charge is 0.0273 e. The predicted octanol–water partition coefficient (Wildman–Crippen LogP) is 1.73. The zero-order chi connectivity index (χ0) is 6.20. The van der Waals surface area contributed by atoms with Gasteiger partial charge in [-0.1, -0.05) is 13.8 Å². The molecule has 1 fully saturated rings. The second kappa shape index (κ2) is 1.57. The van der Waals surface area contributed by atoms with Crippen molar-refractivity contribution in [3.05, 3.63) is 0 Å². The largest absolute Gasteiger partial charge is 0.301 e. The Balaban J connectivity index is 2.37. The van der Waals surface area contributed by atoms with Gasteiger partial charge in [-0.05, 0) is 17.8 Å². The summed E-state index contributed by atoms with van der Waals surface area (Å²) < 4.78 is 0. The van der Waals surface area contributed by atoms with Crippen molar-refractivity contribution in [2.75, 3.05) is 7.05 Å². The quantitative estimate of drug-likeness (QED) is 0.457. The minimum Gasteiger partial charge on any atom is -0.301 e. The van der Waals surface area contributed by atoms with E-state index < -0.39 is 0 Å². The number of rotatable bonds is 1. The third kappa shape index (κ3) is 0.908. The standard InChI is InChI=1S/C7H13N/c1-7(2)4-6(7)5-8-3/h5-6H,4H2,1-3H3/t6-/m1/s1. The fraction of sp³-hybridized carbons (Fsp3) is 0.857. The minimum absolute atomic E-state index is 0.569. The summed E-state index contributed by atoms with van der Waals surface area (Å²) in [5, 5.41) is 0. The second-order valence-corrected chi connectivity index (χ2v) is 3.21. The molecule has 1 nitrogen and oxygen atoms in total. The molecule has 0 radical (unpaired) electrons. The van der Waals surface area contributed by atoms with Crippen molar-refractivity contribution in [1.82, 2.24) is 0 Å². The van der Waals surface area contributed by atoms with Crippen molar-refractivity contribution in [3.8, 4) is 0 Å². The van der Waals surface area contributed by atoms with E-state index >= 15 is 0 Å².